The SMILES string of the molecule is CCc1nsc2ccc(C(=O)N[C@@H]3C[C@H]4CC[C@@H]3N4)cc12. The Bertz CT molecular complexity index is 696. The number of nitrogens with zero attached hydrogens (tertiary/aromatic N) is 1. The molecule has 3 heterocycles. The van der Waals surface area contributed by atoms with Crippen molar-refractivity contribution in [3.05, 3.63) is 29.5 Å². The lowest BCUT2D eigenvalue weighted by molar-refractivity contribution is 0.0931. The number of hydrogen-bond acceptors (Lipinski definition) is 4. The van der Waals surface area contributed by atoms with Crippen molar-refractivity contribution in [1.82, 2.24) is 15.0 Å². The van der Waals surface area contributed by atoms with Crippen LogP contribution in [0.4, 0.5) is 0 Å². The van der Waals surface area contributed by atoms with Gasteiger partial charge in [-0.1, -0.05) is 6.92 Å². The number of benzene rings is 1. The maximum absolute atomic E-state index is 12.5. The Kier molecular flexibility index (Phi) is 3.19. The van der Waals surface area contributed by atoms with Crippen molar-refractivity contribution in [3.8, 4) is 0 Å². The number of hydrogen-bond donors (Lipinski definition) is 2. The van der Waals surface area contributed by atoms with E-state index in [1.165, 1.54) is 24.4 Å². The van der Waals surface area contributed by atoms with Crippen molar-refractivity contribution >= 4 is 27.5 Å². The van der Waals surface area contributed by atoms with Gasteiger partial charge in [0.25, 0.3) is 5.91 Å². The van der Waals surface area contributed by atoms with Crippen LogP contribution in [0, 0.1) is 0 Å². The molecule has 2 aliphatic heterocycles. The Labute approximate surface area is 128 Å². The fraction of sp³-hybridized carbons (Fsp3) is 0.500. The number of fused-ring (bicyclic) bond motifs is 3. The number of amides is 1. The van der Waals surface area contributed by atoms with Gasteiger partial charge in [-0.15, -0.1) is 0 Å². The van der Waals surface area contributed by atoms with E-state index < -0.39 is 0 Å². The highest BCUT2D eigenvalue weighted by molar-refractivity contribution is 7.13. The first-order chi connectivity index (χ1) is 10.2. The van der Waals surface area contributed by atoms with Gasteiger partial charge in [-0.3, -0.25) is 4.79 Å². The highest BCUT2D eigenvalue weighted by Crippen LogP contribution is 2.29. The second kappa shape index (κ2) is 5.07. The quantitative estimate of drug-likeness (QED) is 0.916. The van der Waals surface area contributed by atoms with Crippen LogP contribution in [0.5, 0.6) is 0 Å². The number of aryl methyl sites for hydroxylation is 1. The predicted molar refractivity (Wildman–Crippen MR) is 84.8 cm³/mol. The molecule has 2 bridgehead atoms. The van der Waals surface area contributed by atoms with Crippen molar-refractivity contribution in [2.24, 2.45) is 0 Å². The summed E-state index contributed by atoms with van der Waals surface area (Å²) in [5.74, 6) is 0.0458. The van der Waals surface area contributed by atoms with Crippen LogP contribution in [0.25, 0.3) is 10.1 Å². The Hall–Kier alpha value is -1.46. The summed E-state index contributed by atoms with van der Waals surface area (Å²) in [7, 11) is 0. The molecule has 1 aromatic carbocycles. The topological polar surface area (TPSA) is 54.0 Å². The third-order valence-electron chi connectivity index (χ3n) is 4.76. The first-order valence-corrected chi connectivity index (χ1v) is 8.47. The molecule has 2 aliphatic rings. The lowest BCUT2D eigenvalue weighted by atomic mass is 9.95. The largest absolute Gasteiger partial charge is 0.348 e. The molecule has 110 valence electrons. The lowest BCUT2D eigenvalue weighted by Gasteiger charge is -2.21. The molecule has 0 unspecified atom stereocenters. The van der Waals surface area contributed by atoms with E-state index in [4.69, 9.17) is 0 Å². The standard InChI is InChI=1S/C16H19N3OS/c1-2-12-11-7-9(3-6-15(11)21-19-12)16(20)18-14-8-10-4-5-13(14)17-10/h3,6-7,10,13-14,17H,2,4-5,8H2,1H3,(H,18,20)/t10-,13+,14-/m1/s1. The summed E-state index contributed by atoms with van der Waals surface area (Å²) >= 11 is 1.51. The van der Waals surface area contributed by atoms with Crippen LogP contribution in [0.1, 0.15) is 42.2 Å². The van der Waals surface area contributed by atoms with E-state index in [9.17, 15) is 4.79 Å². The van der Waals surface area contributed by atoms with Gasteiger partial charge < -0.3 is 10.6 Å². The van der Waals surface area contributed by atoms with Gasteiger partial charge in [-0.05, 0) is 55.4 Å². The van der Waals surface area contributed by atoms with Crippen LogP contribution >= 0.6 is 11.5 Å². The molecular formula is C16H19N3OS. The van der Waals surface area contributed by atoms with E-state index in [0.717, 1.165) is 34.2 Å². The summed E-state index contributed by atoms with van der Waals surface area (Å²) in [6.07, 6.45) is 4.41. The molecule has 5 heteroatoms. The zero-order valence-corrected chi connectivity index (χ0v) is 12.9. The summed E-state index contributed by atoms with van der Waals surface area (Å²) in [5, 5.41) is 7.88. The average Bonchev–Trinajstić information content (AvgIpc) is 3.21. The molecule has 4 rings (SSSR count). The number of aromatic nitrogens is 1. The summed E-state index contributed by atoms with van der Waals surface area (Å²) < 4.78 is 5.61. The van der Waals surface area contributed by atoms with Gasteiger partial charge in [-0.2, -0.15) is 4.37 Å². The van der Waals surface area contributed by atoms with Gasteiger partial charge in [0.1, 0.15) is 0 Å². The van der Waals surface area contributed by atoms with Crippen LogP contribution in [0.3, 0.4) is 0 Å². The fourth-order valence-corrected chi connectivity index (χ4v) is 4.46. The molecule has 2 N–H and O–H groups in total. The van der Waals surface area contributed by atoms with Crippen molar-refractivity contribution in [2.45, 2.75) is 50.7 Å². The van der Waals surface area contributed by atoms with Crippen molar-refractivity contribution < 1.29 is 4.79 Å². The average molecular weight is 301 g/mol. The molecule has 2 aromatic rings. The molecule has 0 aliphatic carbocycles. The minimum atomic E-state index is 0.0458. The molecule has 2 fully saturated rings. The second-order valence-corrected chi connectivity index (χ2v) is 6.86. The molecule has 3 atom stereocenters. The normalized spacial score (nSPS) is 27.4. The Balaban J connectivity index is 1.56. The lowest BCUT2D eigenvalue weighted by Crippen LogP contribution is -2.42. The first-order valence-electron chi connectivity index (χ1n) is 7.70. The molecule has 0 spiro atoms. The van der Waals surface area contributed by atoms with Crippen molar-refractivity contribution in [3.63, 3.8) is 0 Å². The number of carbonyl (C=O) groups is 1. The van der Waals surface area contributed by atoms with E-state index in [2.05, 4.69) is 21.9 Å². The highest BCUT2D eigenvalue weighted by Gasteiger charge is 2.39. The maximum Gasteiger partial charge on any atom is 0.251 e. The van der Waals surface area contributed by atoms with Gasteiger partial charge in [-0.25, -0.2) is 0 Å². The van der Waals surface area contributed by atoms with Crippen LogP contribution in [0.15, 0.2) is 18.2 Å². The van der Waals surface area contributed by atoms with Crippen LogP contribution in [0.2, 0.25) is 0 Å². The van der Waals surface area contributed by atoms with Crippen molar-refractivity contribution in [2.75, 3.05) is 0 Å². The van der Waals surface area contributed by atoms with E-state index in [1.807, 2.05) is 18.2 Å². The maximum atomic E-state index is 12.5. The second-order valence-electron chi connectivity index (χ2n) is 6.06. The van der Waals surface area contributed by atoms with E-state index >= 15 is 0 Å². The minimum absolute atomic E-state index is 0.0458. The predicted octanol–water partition coefficient (Wildman–Crippen LogP) is 2.48. The molecular weight excluding hydrogens is 282 g/mol. The fourth-order valence-electron chi connectivity index (χ4n) is 3.62. The molecule has 21 heavy (non-hydrogen) atoms. The molecule has 2 saturated heterocycles. The third-order valence-corrected chi connectivity index (χ3v) is 5.62. The number of carbonyl (C=O) groups excluding carboxylic acids is 1. The van der Waals surface area contributed by atoms with Gasteiger partial charge >= 0.3 is 0 Å². The zero-order chi connectivity index (χ0) is 14.4. The number of nitrogens with one attached hydrogen (secondary N) is 2. The number of rotatable bonds is 3. The van der Waals surface area contributed by atoms with Crippen molar-refractivity contribution in [1.29, 1.82) is 0 Å². The molecule has 0 saturated carbocycles. The Morgan fingerprint density at radius 1 is 1.48 bits per heavy atom. The van der Waals surface area contributed by atoms with Crippen LogP contribution in [-0.2, 0) is 6.42 Å². The summed E-state index contributed by atoms with van der Waals surface area (Å²) in [6.45, 7) is 2.10. The minimum Gasteiger partial charge on any atom is -0.348 e. The monoisotopic (exact) mass is 301 g/mol. The molecule has 1 amide bonds. The van der Waals surface area contributed by atoms with Gasteiger partial charge in [0.15, 0.2) is 0 Å². The molecule has 0 radical (unpaired) electrons. The van der Waals surface area contributed by atoms with Gasteiger partial charge in [0.05, 0.1) is 10.4 Å². The highest BCUT2D eigenvalue weighted by atomic mass is 32.1. The summed E-state index contributed by atoms with van der Waals surface area (Å²) in [5.41, 5.74) is 1.84. The van der Waals surface area contributed by atoms with E-state index in [1.54, 1.807) is 0 Å². The Morgan fingerprint density at radius 2 is 2.38 bits per heavy atom. The van der Waals surface area contributed by atoms with E-state index in [0.29, 0.717) is 12.1 Å². The van der Waals surface area contributed by atoms with E-state index in [-0.39, 0.29) is 11.9 Å². The smallest absolute Gasteiger partial charge is 0.251 e. The Morgan fingerprint density at radius 3 is 3.10 bits per heavy atom. The molecule has 4 nitrogen and oxygen atoms in total. The van der Waals surface area contributed by atoms with Gasteiger partial charge in [0.2, 0.25) is 0 Å². The first kappa shape index (κ1) is 13.2. The van der Waals surface area contributed by atoms with Gasteiger partial charge in [0, 0.05) is 29.1 Å². The summed E-state index contributed by atoms with van der Waals surface area (Å²) in [4.78, 5) is 12.5. The van der Waals surface area contributed by atoms with Crippen LogP contribution in [-0.4, -0.2) is 28.4 Å². The summed E-state index contributed by atoms with van der Waals surface area (Å²) in [6, 6.07) is 7.29. The zero-order valence-electron chi connectivity index (χ0n) is 12.1. The molecule has 1 aromatic heterocycles. The van der Waals surface area contributed by atoms with Crippen LogP contribution < -0.4 is 10.6 Å². The third kappa shape index (κ3) is 2.24.